The maximum atomic E-state index is 12.0. The van der Waals surface area contributed by atoms with Gasteiger partial charge in [-0.3, -0.25) is 9.59 Å². The first-order valence-corrected chi connectivity index (χ1v) is 8.72. The van der Waals surface area contributed by atoms with Gasteiger partial charge in [0.15, 0.2) is 0 Å². The smallest absolute Gasteiger partial charge is 0.233 e. The second-order valence-electron chi connectivity index (χ2n) is 6.50. The molecule has 0 radical (unpaired) electrons. The lowest BCUT2D eigenvalue weighted by Gasteiger charge is -2.09. The van der Waals surface area contributed by atoms with Crippen LogP contribution in [0.1, 0.15) is 23.1 Å². The third-order valence-corrected chi connectivity index (χ3v) is 4.37. The van der Waals surface area contributed by atoms with Crippen molar-refractivity contribution < 1.29 is 9.59 Å². The Morgan fingerprint density at radius 1 is 1.04 bits per heavy atom. The maximum Gasteiger partial charge on any atom is 0.233 e. The van der Waals surface area contributed by atoms with Gasteiger partial charge in [-0.25, -0.2) is 0 Å². The molecule has 0 unspecified atom stereocenters. The van der Waals surface area contributed by atoms with Gasteiger partial charge in [-0.2, -0.15) is 0 Å². The molecule has 0 aliphatic heterocycles. The summed E-state index contributed by atoms with van der Waals surface area (Å²) >= 11 is 0. The van der Waals surface area contributed by atoms with Gasteiger partial charge >= 0.3 is 0 Å². The topological polar surface area (TPSA) is 74.0 Å². The molecule has 5 nitrogen and oxygen atoms in total. The number of carbonyl (C=O) groups is 2. The Morgan fingerprint density at radius 2 is 1.85 bits per heavy atom. The molecule has 2 aromatic carbocycles. The van der Waals surface area contributed by atoms with Crippen LogP contribution in [0.2, 0.25) is 0 Å². The van der Waals surface area contributed by atoms with Crippen LogP contribution in [0.15, 0.2) is 48.7 Å². The molecule has 0 saturated carbocycles. The number of carbonyl (C=O) groups excluding carboxylic acids is 2. The zero-order valence-corrected chi connectivity index (χ0v) is 15.1. The SMILES string of the molecule is Cc1ccc(NC(=O)CC(=O)NCCc2c[nH]c3ccccc23)c(C)c1. The highest BCUT2D eigenvalue weighted by Gasteiger charge is 2.11. The quantitative estimate of drug-likeness (QED) is 0.596. The van der Waals surface area contributed by atoms with Crippen molar-refractivity contribution in [3.63, 3.8) is 0 Å². The third-order valence-electron chi connectivity index (χ3n) is 4.37. The minimum absolute atomic E-state index is 0.179. The molecule has 0 saturated heterocycles. The van der Waals surface area contributed by atoms with Crippen molar-refractivity contribution in [1.82, 2.24) is 10.3 Å². The van der Waals surface area contributed by atoms with E-state index in [1.807, 2.05) is 56.4 Å². The van der Waals surface area contributed by atoms with Gasteiger partial charge in [0, 0.05) is 29.3 Å². The first kappa shape index (κ1) is 17.7. The second kappa shape index (κ2) is 7.87. The molecule has 134 valence electrons. The summed E-state index contributed by atoms with van der Waals surface area (Å²) in [5, 5.41) is 6.77. The summed E-state index contributed by atoms with van der Waals surface area (Å²) in [6.07, 6.45) is 2.50. The van der Waals surface area contributed by atoms with Gasteiger partial charge in [0.1, 0.15) is 6.42 Å². The predicted octanol–water partition coefficient (Wildman–Crippen LogP) is 3.47. The number of para-hydroxylation sites is 1. The Labute approximate surface area is 152 Å². The van der Waals surface area contributed by atoms with Crippen LogP contribution in [0.4, 0.5) is 5.69 Å². The lowest BCUT2D eigenvalue weighted by Crippen LogP contribution is -2.29. The van der Waals surface area contributed by atoms with E-state index in [1.54, 1.807) is 0 Å². The van der Waals surface area contributed by atoms with Crippen LogP contribution in [0.5, 0.6) is 0 Å². The maximum absolute atomic E-state index is 12.0. The minimum Gasteiger partial charge on any atom is -0.361 e. The van der Waals surface area contributed by atoms with E-state index in [0.717, 1.165) is 33.3 Å². The van der Waals surface area contributed by atoms with Crippen LogP contribution in [0, 0.1) is 13.8 Å². The Hall–Kier alpha value is -3.08. The average molecular weight is 349 g/mol. The molecule has 0 bridgehead atoms. The van der Waals surface area contributed by atoms with Crippen molar-refractivity contribution in [3.8, 4) is 0 Å². The number of nitrogens with one attached hydrogen (secondary N) is 3. The number of anilines is 1. The van der Waals surface area contributed by atoms with Crippen molar-refractivity contribution in [2.75, 3.05) is 11.9 Å². The van der Waals surface area contributed by atoms with E-state index in [2.05, 4.69) is 21.7 Å². The van der Waals surface area contributed by atoms with Crippen LogP contribution in [-0.2, 0) is 16.0 Å². The summed E-state index contributed by atoms with van der Waals surface area (Å²) in [6, 6.07) is 13.8. The van der Waals surface area contributed by atoms with Gasteiger partial charge in [0.2, 0.25) is 11.8 Å². The van der Waals surface area contributed by atoms with Crippen LogP contribution in [-0.4, -0.2) is 23.3 Å². The van der Waals surface area contributed by atoms with Gasteiger partial charge in [0.05, 0.1) is 0 Å². The van der Waals surface area contributed by atoms with Gasteiger partial charge in [0.25, 0.3) is 0 Å². The fraction of sp³-hybridized carbons (Fsp3) is 0.238. The van der Waals surface area contributed by atoms with E-state index >= 15 is 0 Å². The molecule has 1 aromatic heterocycles. The molecule has 3 rings (SSSR count). The van der Waals surface area contributed by atoms with Gasteiger partial charge < -0.3 is 15.6 Å². The molecule has 0 spiro atoms. The van der Waals surface area contributed by atoms with Crippen LogP contribution in [0.25, 0.3) is 10.9 Å². The number of aromatic nitrogens is 1. The predicted molar refractivity (Wildman–Crippen MR) is 104 cm³/mol. The summed E-state index contributed by atoms with van der Waals surface area (Å²) in [6.45, 7) is 4.43. The van der Waals surface area contributed by atoms with Crippen molar-refractivity contribution in [2.45, 2.75) is 26.7 Å². The molecule has 3 N–H and O–H groups in total. The molecular weight excluding hydrogens is 326 g/mol. The van der Waals surface area contributed by atoms with Crippen molar-refractivity contribution >= 4 is 28.4 Å². The third kappa shape index (κ3) is 4.30. The molecule has 26 heavy (non-hydrogen) atoms. The van der Waals surface area contributed by atoms with E-state index in [0.29, 0.717) is 13.0 Å². The summed E-state index contributed by atoms with van der Waals surface area (Å²) in [5.74, 6) is -0.575. The number of aryl methyl sites for hydroxylation is 2. The minimum atomic E-state index is -0.304. The van der Waals surface area contributed by atoms with Crippen LogP contribution >= 0.6 is 0 Å². The standard InChI is InChI=1S/C21H23N3O2/c1-14-7-8-18(15(2)11-14)24-21(26)12-20(25)22-10-9-16-13-23-19-6-4-3-5-17(16)19/h3-8,11,13,23H,9-10,12H2,1-2H3,(H,22,25)(H,24,26). The first-order chi connectivity index (χ1) is 12.5. The van der Waals surface area contributed by atoms with Crippen molar-refractivity contribution in [1.29, 1.82) is 0 Å². The number of hydrogen-bond donors (Lipinski definition) is 3. The highest BCUT2D eigenvalue weighted by atomic mass is 16.2. The zero-order valence-electron chi connectivity index (χ0n) is 15.1. The summed E-state index contributed by atoms with van der Waals surface area (Å²) in [7, 11) is 0. The van der Waals surface area contributed by atoms with E-state index in [-0.39, 0.29) is 18.2 Å². The Kier molecular flexibility index (Phi) is 5.37. The highest BCUT2D eigenvalue weighted by Crippen LogP contribution is 2.18. The number of amides is 2. The lowest BCUT2D eigenvalue weighted by atomic mass is 10.1. The number of H-pyrrole nitrogens is 1. The van der Waals surface area contributed by atoms with Crippen LogP contribution < -0.4 is 10.6 Å². The summed E-state index contributed by atoms with van der Waals surface area (Å²) in [5.41, 5.74) is 5.10. The first-order valence-electron chi connectivity index (χ1n) is 8.72. The van der Waals surface area contributed by atoms with E-state index in [1.165, 1.54) is 0 Å². The molecule has 0 atom stereocenters. The fourth-order valence-corrected chi connectivity index (χ4v) is 3.03. The Bertz CT molecular complexity index is 943. The molecule has 0 aliphatic carbocycles. The fourth-order valence-electron chi connectivity index (χ4n) is 3.03. The summed E-state index contributed by atoms with van der Waals surface area (Å²) < 4.78 is 0. The number of aromatic amines is 1. The monoisotopic (exact) mass is 349 g/mol. The highest BCUT2D eigenvalue weighted by molar-refractivity contribution is 6.03. The van der Waals surface area contributed by atoms with Crippen molar-refractivity contribution in [3.05, 3.63) is 65.4 Å². The number of hydrogen-bond acceptors (Lipinski definition) is 2. The molecule has 0 fully saturated rings. The zero-order chi connectivity index (χ0) is 18.5. The Morgan fingerprint density at radius 3 is 2.65 bits per heavy atom. The van der Waals surface area contributed by atoms with Crippen molar-refractivity contribution in [2.24, 2.45) is 0 Å². The number of fused-ring (bicyclic) bond motifs is 1. The number of benzene rings is 2. The van der Waals surface area contributed by atoms with E-state index < -0.39 is 0 Å². The van der Waals surface area contributed by atoms with Crippen LogP contribution in [0.3, 0.4) is 0 Å². The average Bonchev–Trinajstić information content (AvgIpc) is 3.01. The number of rotatable bonds is 6. The second-order valence-corrected chi connectivity index (χ2v) is 6.50. The molecule has 0 aliphatic rings. The van der Waals surface area contributed by atoms with Gasteiger partial charge in [-0.15, -0.1) is 0 Å². The van der Waals surface area contributed by atoms with Gasteiger partial charge in [-0.05, 0) is 43.5 Å². The molecule has 1 heterocycles. The lowest BCUT2D eigenvalue weighted by molar-refractivity contribution is -0.126. The summed E-state index contributed by atoms with van der Waals surface area (Å²) in [4.78, 5) is 27.3. The molecular formula is C21H23N3O2. The molecule has 2 amide bonds. The van der Waals surface area contributed by atoms with E-state index in [9.17, 15) is 9.59 Å². The van der Waals surface area contributed by atoms with E-state index in [4.69, 9.17) is 0 Å². The Balaban J connectivity index is 1.47. The normalized spacial score (nSPS) is 10.7. The largest absolute Gasteiger partial charge is 0.361 e. The van der Waals surface area contributed by atoms with Gasteiger partial charge in [-0.1, -0.05) is 35.9 Å². The molecule has 5 heteroatoms. The molecule has 3 aromatic rings.